The quantitative estimate of drug-likeness (QED) is 0.617. The van der Waals surface area contributed by atoms with Crippen LogP contribution in [0.25, 0.3) is 0 Å². The number of hydrogen-bond acceptors (Lipinski definition) is 3. The Kier molecular flexibility index (Phi) is 3.43. The van der Waals surface area contributed by atoms with Crippen LogP contribution in [-0.4, -0.2) is 10.8 Å². The van der Waals surface area contributed by atoms with Crippen molar-refractivity contribution < 1.29 is 9.53 Å². The number of alkyl halides is 1. The molecule has 23 heavy (non-hydrogen) atoms. The van der Waals surface area contributed by atoms with Crippen LogP contribution < -0.4 is 0 Å². The van der Waals surface area contributed by atoms with Gasteiger partial charge in [-0.05, 0) is 68.1 Å². The molecule has 0 aromatic heterocycles. The fraction of sp³-hybridized carbons (Fsp3) is 0.579. The summed E-state index contributed by atoms with van der Waals surface area (Å²) in [5.41, 5.74) is 1.19. The van der Waals surface area contributed by atoms with E-state index < -0.39 is 0 Å². The summed E-state index contributed by atoms with van der Waals surface area (Å²) in [5.74, 6) is 1.12. The van der Waals surface area contributed by atoms with Gasteiger partial charge in [-0.1, -0.05) is 12.1 Å². The lowest BCUT2D eigenvalue weighted by Crippen LogP contribution is -2.56. The largest absolute Gasteiger partial charge is 0.460 e. The highest BCUT2D eigenvalue weighted by Gasteiger charge is 2.60. The lowest BCUT2D eigenvalue weighted by molar-refractivity contribution is -0.171. The first kappa shape index (κ1) is 15.0. The van der Waals surface area contributed by atoms with Gasteiger partial charge >= 0.3 is 5.97 Å². The molecule has 0 spiro atoms. The van der Waals surface area contributed by atoms with Gasteiger partial charge in [0.1, 0.15) is 6.61 Å². The first-order valence-electron chi connectivity index (χ1n) is 8.36. The number of carbonyl (C=O) groups excluding carboxylic acids is 1. The molecule has 0 saturated heterocycles. The van der Waals surface area contributed by atoms with Gasteiger partial charge in [-0.25, -0.2) is 0 Å². The van der Waals surface area contributed by atoms with E-state index >= 15 is 0 Å². The Hall–Kier alpha value is -1.53. The molecule has 4 heteroatoms. The molecular formula is C19H20ClNO2. The summed E-state index contributed by atoms with van der Waals surface area (Å²) in [7, 11) is 0. The van der Waals surface area contributed by atoms with E-state index in [1.807, 2.05) is 12.1 Å². The lowest BCUT2D eigenvalue weighted by atomic mass is 9.49. The summed E-state index contributed by atoms with van der Waals surface area (Å²) in [6.45, 7) is 0.275. The van der Waals surface area contributed by atoms with Crippen LogP contribution >= 0.6 is 11.6 Å². The van der Waals surface area contributed by atoms with Gasteiger partial charge in [0.15, 0.2) is 0 Å². The fourth-order valence-electron chi connectivity index (χ4n) is 5.37. The second-order valence-corrected chi connectivity index (χ2v) is 8.58. The highest BCUT2D eigenvalue weighted by atomic mass is 35.5. The molecule has 4 fully saturated rings. The Balaban J connectivity index is 1.45. The van der Waals surface area contributed by atoms with Crippen LogP contribution in [0.5, 0.6) is 0 Å². The highest BCUT2D eigenvalue weighted by Crippen LogP contribution is 2.64. The summed E-state index contributed by atoms with van der Waals surface area (Å²) in [4.78, 5) is 12.6. The smallest absolute Gasteiger partial charge is 0.312 e. The minimum absolute atomic E-state index is 0.0685. The molecule has 4 bridgehead atoms. The van der Waals surface area contributed by atoms with Crippen LogP contribution in [0.2, 0.25) is 0 Å². The second-order valence-electron chi connectivity index (χ2n) is 7.78. The Bertz CT molecular complexity index is 662. The molecule has 1 aromatic carbocycles. The molecule has 3 nitrogen and oxygen atoms in total. The third kappa shape index (κ3) is 2.64. The molecule has 4 aliphatic carbocycles. The predicted molar refractivity (Wildman–Crippen MR) is 86.7 cm³/mol. The molecule has 4 saturated carbocycles. The molecule has 0 radical (unpaired) electrons. The van der Waals surface area contributed by atoms with E-state index in [1.165, 1.54) is 6.42 Å². The number of halogens is 1. The standard InChI is InChI=1S/C19H20ClNO2/c20-19-8-15-5-16(9-19)7-18(6-15,12-19)17(22)23-11-14-3-1-13(10-21)2-4-14/h1-4,15-16H,5-9,11-12H2/t15-,16+,18?,19?. The average molecular weight is 330 g/mol. The van der Waals surface area contributed by atoms with E-state index in [4.69, 9.17) is 21.6 Å². The molecule has 2 unspecified atom stereocenters. The number of ether oxygens (including phenoxy) is 1. The summed E-state index contributed by atoms with van der Waals surface area (Å²) in [5, 5.41) is 8.82. The normalized spacial score (nSPS) is 37.4. The molecule has 0 aliphatic heterocycles. The number of esters is 1. The van der Waals surface area contributed by atoms with Gasteiger partial charge in [-0.3, -0.25) is 4.79 Å². The van der Waals surface area contributed by atoms with Crippen LogP contribution in [0.1, 0.15) is 49.7 Å². The highest BCUT2D eigenvalue weighted by molar-refractivity contribution is 6.24. The molecule has 1 aromatic rings. The first-order valence-corrected chi connectivity index (χ1v) is 8.73. The van der Waals surface area contributed by atoms with E-state index in [-0.39, 0.29) is 22.9 Å². The summed E-state index contributed by atoms with van der Waals surface area (Å²) >= 11 is 6.78. The lowest BCUT2D eigenvalue weighted by Gasteiger charge is -2.58. The molecule has 4 atom stereocenters. The van der Waals surface area contributed by atoms with Crippen LogP contribution in [0.4, 0.5) is 0 Å². The zero-order valence-electron chi connectivity index (χ0n) is 13.1. The molecule has 5 rings (SSSR count). The van der Waals surface area contributed by atoms with Crippen LogP contribution in [0.15, 0.2) is 24.3 Å². The Morgan fingerprint density at radius 2 is 1.87 bits per heavy atom. The van der Waals surface area contributed by atoms with E-state index in [0.717, 1.165) is 37.7 Å². The van der Waals surface area contributed by atoms with Gasteiger partial charge in [0, 0.05) is 4.87 Å². The van der Waals surface area contributed by atoms with Gasteiger partial charge < -0.3 is 4.74 Å². The van der Waals surface area contributed by atoms with Gasteiger partial charge in [-0.2, -0.15) is 5.26 Å². The number of hydrogen-bond donors (Lipinski definition) is 0. The number of carbonyl (C=O) groups is 1. The second kappa shape index (κ2) is 5.24. The van der Waals surface area contributed by atoms with Gasteiger partial charge in [-0.15, -0.1) is 11.6 Å². The maximum Gasteiger partial charge on any atom is 0.312 e. The zero-order valence-corrected chi connectivity index (χ0v) is 13.8. The Labute approximate surface area is 141 Å². The topological polar surface area (TPSA) is 50.1 Å². The van der Waals surface area contributed by atoms with Gasteiger partial charge in [0.05, 0.1) is 17.0 Å². The van der Waals surface area contributed by atoms with E-state index in [2.05, 4.69) is 6.07 Å². The maximum absolute atomic E-state index is 12.8. The minimum Gasteiger partial charge on any atom is -0.460 e. The molecule has 120 valence electrons. The Morgan fingerprint density at radius 3 is 2.43 bits per heavy atom. The monoisotopic (exact) mass is 329 g/mol. The predicted octanol–water partition coefficient (Wildman–Crippen LogP) is 4.18. The Morgan fingerprint density at radius 1 is 1.22 bits per heavy atom. The van der Waals surface area contributed by atoms with E-state index in [9.17, 15) is 4.79 Å². The third-order valence-electron chi connectivity index (χ3n) is 5.88. The van der Waals surface area contributed by atoms with Crippen molar-refractivity contribution >= 4 is 17.6 Å². The maximum atomic E-state index is 12.8. The average Bonchev–Trinajstić information content (AvgIpc) is 2.50. The van der Waals surface area contributed by atoms with E-state index in [0.29, 0.717) is 17.4 Å². The van der Waals surface area contributed by atoms with Gasteiger partial charge in [0.2, 0.25) is 0 Å². The van der Waals surface area contributed by atoms with Crippen LogP contribution in [0, 0.1) is 28.6 Å². The SMILES string of the molecule is N#Cc1ccc(COC(=O)C23C[C@@H]4C[C@@H](CC(Cl)(C4)C2)C3)cc1. The molecule has 4 aliphatic rings. The van der Waals surface area contributed by atoms with Crippen molar-refractivity contribution in [3.8, 4) is 6.07 Å². The minimum atomic E-state index is -0.349. The molecule has 0 N–H and O–H groups in total. The number of nitriles is 1. The summed E-state index contributed by atoms with van der Waals surface area (Å²) in [6, 6.07) is 9.28. The van der Waals surface area contributed by atoms with Crippen LogP contribution in [-0.2, 0) is 16.1 Å². The van der Waals surface area contributed by atoms with Crippen molar-refractivity contribution in [3.63, 3.8) is 0 Å². The van der Waals surface area contributed by atoms with Crippen molar-refractivity contribution in [2.24, 2.45) is 17.3 Å². The van der Waals surface area contributed by atoms with Crippen molar-refractivity contribution in [1.82, 2.24) is 0 Å². The van der Waals surface area contributed by atoms with Crippen molar-refractivity contribution in [2.75, 3.05) is 0 Å². The van der Waals surface area contributed by atoms with Crippen molar-refractivity contribution in [2.45, 2.75) is 50.0 Å². The summed E-state index contributed by atoms with van der Waals surface area (Å²) in [6.07, 6.45) is 6.04. The number of benzene rings is 1. The summed E-state index contributed by atoms with van der Waals surface area (Å²) < 4.78 is 5.65. The van der Waals surface area contributed by atoms with Crippen LogP contribution in [0.3, 0.4) is 0 Å². The third-order valence-corrected chi connectivity index (χ3v) is 6.32. The van der Waals surface area contributed by atoms with Crippen molar-refractivity contribution in [1.29, 1.82) is 5.26 Å². The molecule has 0 amide bonds. The first-order chi connectivity index (χ1) is 11.0. The van der Waals surface area contributed by atoms with Gasteiger partial charge in [0.25, 0.3) is 0 Å². The molecule has 0 heterocycles. The van der Waals surface area contributed by atoms with E-state index in [1.54, 1.807) is 12.1 Å². The zero-order chi connectivity index (χ0) is 16.1. The number of nitrogens with zero attached hydrogens (tertiary/aromatic N) is 1. The van der Waals surface area contributed by atoms with Crippen molar-refractivity contribution in [3.05, 3.63) is 35.4 Å². The fourth-order valence-corrected chi connectivity index (χ4v) is 6.06. The number of rotatable bonds is 3. The molecular weight excluding hydrogens is 310 g/mol.